The molecule has 2 amide bonds. The van der Waals surface area contributed by atoms with Crippen LogP contribution in [0.3, 0.4) is 0 Å². The maximum Gasteiger partial charge on any atom is 0.319 e. The molecule has 0 unspecified atom stereocenters. The van der Waals surface area contributed by atoms with Gasteiger partial charge in [0.25, 0.3) is 0 Å². The molecule has 0 atom stereocenters. The van der Waals surface area contributed by atoms with E-state index >= 15 is 0 Å². The topological polar surface area (TPSA) is 54.0 Å². The van der Waals surface area contributed by atoms with Gasteiger partial charge >= 0.3 is 6.03 Å². The molecule has 1 heterocycles. The van der Waals surface area contributed by atoms with E-state index in [0.717, 1.165) is 29.3 Å². The van der Waals surface area contributed by atoms with Crippen molar-refractivity contribution in [3.05, 3.63) is 36.7 Å². The fourth-order valence-corrected chi connectivity index (χ4v) is 2.13. The summed E-state index contributed by atoms with van der Waals surface area (Å²) in [6.45, 7) is 0. The van der Waals surface area contributed by atoms with Crippen LogP contribution in [-0.2, 0) is 0 Å². The van der Waals surface area contributed by atoms with E-state index in [0.29, 0.717) is 6.04 Å². The van der Waals surface area contributed by atoms with Crippen LogP contribution in [0, 0.1) is 0 Å². The summed E-state index contributed by atoms with van der Waals surface area (Å²) in [6.07, 6.45) is 6.92. The van der Waals surface area contributed by atoms with E-state index in [4.69, 9.17) is 0 Å². The molecule has 2 N–H and O–H groups in total. The maximum atomic E-state index is 11.8. The molecule has 0 radical (unpaired) electrons. The Morgan fingerprint density at radius 1 is 1.28 bits per heavy atom. The van der Waals surface area contributed by atoms with Crippen molar-refractivity contribution in [2.45, 2.75) is 25.3 Å². The lowest BCUT2D eigenvalue weighted by Crippen LogP contribution is -2.41. The Labute approximate surface area is 105 Å². The molecule has 4 nitrogen and oxygen atoms in total. The number of urea groups is 1. The molecule has 92 valence electrons. The number of carbonyl (C=O) groups excluding carboxylic acids is 1. The minimum absolute atomic E-state index is 0.121. The number of fused-ring (bicyclic) bond motifs is 1. The van der Waals surface area contributed by atoms with Gasteiger partial charge in [0.15, 0.2) is 0 Å². The molecule has 1 aliphatic rings. The summed E-state index contributed by atoms with van der Waals surface area (Å²) in [5.74, 6) is 0. The second kappa shape index (κ2) is 4.64. The van der Waals surface area contributed by atoms with Gasteiger partial charge in [0.05, 0.1) is 5.69 Å². The largest absolute Gasteiger partial charge is 0.335 e. The molecule has 4 heteroatoms. The number of rotatable bonds is 2. The summed E-state index contributed by atoms with van der Waals surface area (Å²) < 4.78 is 0. The van der Waals surface area contributed by atoms with Crippen LogP contribution >= 0.6 is 0 Å². The molecule has 0 spiro atoms. The van der Waals surface area contributed by atoms with Crippen LogP contribution in [0.1, 0.15) is 19.3 Å². The third-order valence-corrected chi connectivity index (χ3v) is 3.37. The molecular formula is C14H15N3O. The number of hydrogen-bond donors (Lipinski definition) is 2. The standard InChI is InChI=1S/C14H15N3O/c18-14(16-11-4-2-5-11)17-13-6-1-3-10-9-15-8-7-12(10)13/h1,3,6-9,11H,2,4-5H2,(H2,16,17,18). The number of pyridine rings is 1. The highest BCUT2D eigenvalue weighted by atomic mass is 16.2. The first-order valence-corrected chi connectivity index (χ1v) is 6.23. The first-order valence-electron chi connectivity index (χ1n) is 6.23. The van der Waals surface area contributed by atoms with E-state index in [2.05, 4.69) is 15.6 Å². The SMILES string of the molecule is O=C(Nc1cccc2cnccc12)NC1CCC1. The number of nitrogens with zero attached hydrogens (tertiary/aromatic N) is 1. The Morgan fingerprint density at radius 2 is 2.17 bits per heavy atom. The molecule has 1 aromatic carbocycles. The zero-order valence-electron chi connectivity index (χ0n) is 10.0. The highest BCUT2D eigenvalue weighted by Crippen LogP contribution is 2.22. The summed E-state index contributed by atoms with van der Waals surface area (Å²) in [4.78, 5) is 15.9. The van der Waals surface area contributed by atoms with Gasteiger partial charge in [-0.3, -0.25) is 4.98 Å². The van der Waals surface area contributed by atoms with Crippen molar-refractivity contribution in [1.82, 2.24) is 10.3 Å². The molecule has 0 aliphatic heterocycles. The number of amides is 2. The van der Waals surface area contributed by atoms with Gasteiger partial charge in [-0.1, -0.05) is 12.1 Å². The van der Waals surface area contributed by atoms with Gasteiger partial charge in [0, 0.05) is 29.2 Å². The Balaban J connectivity index is 1.79. The fraction of sp³-hybridized carbons (Fsp3) is 0.286. The van der Waals surface area contributed by atoms with E-state index < -0.39 is 0 Å². The predicted molar refractivity (Wildman–Crippen MR) is 71.5 cm³/mol. The molecule has 2 aromatic rings. The van der Waals surface area contributed by atoms with Gasteiger partial charge in [-0.2, -0.15) is 0 Å². The molecule has 3 rings (SSSR count). The predicted octanol–water partition coefficient (Wildman–Crippen LogP) is 2.91. The van der Waals surface area contributed by atoms with Gasteiger partial charge < -0.3 is 10.6 Å². The lowest BCUT2D eigenvalue weighted by Gasteiger charge is -2.26. The third kappa shape index (κ3) is 2.14. The van der Waals surface area contributed by atoms with Crippen LogP contribution in [0.5, 0.6) is 0 Å². The van der Waals surface area contributed by atoms with Crippen molar-refractivity contribution in [2.24, 2.45) is 0 Å². The van der Waals surface area contributed by atoms with Crippen molar-refractivity contribution < 1.29 is 4.79 Å². The lowest BCUT2D eigenvalue weighted by molar-refractivity contribution is 0.240. The fourth-order valence-electron chi connectivity index (χ4n) is 2.13. The Morgan fingerprint density at radius 3 is 2.94 bits per heavy atom. The minimum Gasteiger partial charge on any atom is -0.335 e. The second-order valence-electron chi connectivity index (χ2n) is 4.63. The number of anilines is 1. The summed E-state index contributed by atoms with van der Waals surface area (Å²) in [7, 11) is 0. The average molecular weight is 241 g/mol. The molecule has 0 bridgehead atoms. The highest BCUT2D eigenvalue weighted by molar-refractivity contribution is 6.01. The molecule has 1 fully saturated rings. The summed E-state index contributed by atoms with van der Waals surface area (Å²) in [6, 6.07) is 7.95. The summed E-state index contributed by atoms with van der Waals surface area (Å²) in [5.41, 5.74) is 0.826. The van der Waals surface area contributed by atoms with Crippen molar-refractivity contribution >= 4 is 22.5 Å². The quantitative estimate of drug-likeness (QED) is 0.849. The van der Waals surface area contributed by atoms with Crippen molar-refractivity contribution in [1.29, 1.82) is 0 Å². The zero-order chi connectivity index (χ0) is 12.4. The smallest absolute Gasteiger partial charge is 0.319 e. The molecule has 1 saturated carbocycles. The normalized spacial score (nSPS) is 15.1. The molecular weight excluding hydrogens is 226 g/mol. The van der Waals surface area contributed by atoms with Crippen LogP contribution in [-0.4, -0.2) is 17.1 Å². The Kier molecular flexibility index (Phi) is 2.84. The number of benzene rings is 1. The third-order valence-electron chi connectivity index (χ3n) is 3.37. The van der Waals surface area contributed by atoms with Crippen LogP contribution < -0.4 is 10.6 Å². The molecule has 18 heavy (non-hydrogen) atoms. The van der Waals surface area contributed by atoms with Crippen LogP contribution in [0.25, 0.3) is 10.8 Å². The maximum absolute atomic E-state index is 11.8. The highest BCUT2D eigenvalue weighted by Gasteiger charge is 2.19. The number of carbonyl (C=O) groups is 1. The van der Waals surface area contributed by atoms with Crippen molar-refractivity contribution in [3.63, 3.8) is 0 Å². The van der Waals surface area contributed by atoms with Crippen LogP contribution in [0.4, 0.5) is 10.5 Å². The van der Waals surface area contributed by atoms with Crippen LogP contribution in [0.2, 0.25) is 0 Å². The van der Waals surface area contributed by atoms with E-state index in [-0.39, 0.29) is 6.03 Å². The lowest BCUT2D eigenvalue weighted by atomic mass is 9.93. The van der Waals surface area contributed by atoms with Crippen molar-refractivity contribution in [3.8, 4) is 0 Å². The van der Waals surface area contributed by atoms with Gasteiger partial charge in [-0.15, -0.1) is 0 Å². The van der Waals surface area contributed by atoms with E-state index in [1.807, 2.05) is 24.3 Å². The first kappa shape index (κ1) is 11.0. The number of aromatic nitrogens is 1. The average Bonchev–Trinajstić information content (AvgIpc) is 2.34. The Hall–Kier alpha value is -2.10. The van der Waals surface area contributed by atoms with Crippen LogP contribution in [0.15, 0.2) is 36.7 Å². The van der Waals surface area contributed by atoms with Crippen molar-refractivity contribution in [2.75, 3.05) is 5.32 Å². The van der Waals surface area contributed by atoms with Gasteiger partial charge in [0.1, 0.15) is 0 Å². The molecule has 0 saturated heterocycles. The van der Waals surface area contributed by atoms with E-state index in [9.17, 15) is 4.79 Å². The van der Waals surface area contributed by atoms with Gasteiger partial charge in [-0.05, 0) is 31.4 Å². The zero-order valence-corrected chi connectivity index (χ0v) is 10.0. The number of hydrogen-bond acceptors (Lipinski definition) is 2. The second-order valence-corrected chi connectivity index (χ2v) is 4.63. The minimum atomic E-state index is -0.121. The van der Waals surface area contributed by atoms with Gasteiger partial charge in [0.2, 0.25) is 0 Å². The van der Waals surface area contributed by atoms with E-state index in [1.54, 1.807) is 12.4 Å². The molecule has 1 aliphatic carbocycles. The van der Waals surface area contributed by atoms with E-state index in [1.165, 1.54) is 6.42 Å². The monoisotopic (exact) mass is 241 g/mol. The molecule has 1 aromatic heterocycles. The summed E-state index contributed by atoms with van der Waals surface area (Å²) in [5, 5.41) is 7.91. The number of nitrogens with one attached hydrogen (secondary N) is 2. The summed E-state index contributed by atoms with van der Waals surface area (Å²) >= 11 is 0. The van der Waals surface area contributed by atoms with Gasteiger partial charge in [-0.25, -0.2) is 4.79 Å². The Bertz CT molecular complexity index is 573. The first-order chi connectivity index (χ1) is 8.83.